The third kappa shape index (κ3) is 4.26. The van der Waals surface area contributed by atoms with Crippen LogP contribution in [0.3, 0.4) is 0 Å². The second kappa shape index (κ2) is 8.61. The summed E-state index contributed by atoms with van der Waals surface area (Å²) < 4.78 is 0.386. The molecule has 1 fully saturated rings. The van der Waals surface area contributed by atoms with E-state index < -0.39 is 11.8 Å². The minimum atomic E-state index is -0.760. The predicted octanol–water partition coefficient (Wildman–Crippen LogP) is 4.78. The molecular weight excluding hydrogens is 473 g/mol. The van der Waals surface area contributed by atoms with Crippen LogP contribution in [-0.2, 0) is 11.3 Å². The lowest BCUT2D eigenvalue weighted by Gasteiger charge is -2.20. The van der Waals surface area contributed by atoms with E-state index in [0.29, 0.717) is 28.2 Å². The second-order valence-electron chi connectivity index (χ2n) is 7.60. The van der Waals surface area contributed by atoms with Gasteiger partial charge in [0.2, 0.25) is 5.91 Å². The van der Waals surface area contributed by atoms with Gasteiger partial charge in [0.25, 0.3) is 11.8 Å². The van der Waals surface area contributed by atoms with Crippen LogP contribution < -0.4 is 11.1 Å². The summed E-state index contributed by atoms with van der Waals surface area (Å²) in [6.07, 6.45) is 2.04. The lowest BCUT2D eigenvalue weighted by molar-refractivity contribution is -0.130. The Morgan fingerprint density at radius 3 is 2.44 bits per heavy atom. The fourth-order valence-corrected chi connectivity index (χ4v) is 5.19. The van der Waals surface area contributed by atoms with Crippen molar-refractivity contribution < 1.29 is 19.5 Å². The zero-order valence-electron chi connectivity index (χ0n) is 16.9. The van der Waals surface area contributed by atoms with Crippen molar-refractivity contribution in [3.63, 3.8) is 0 Å². The molecule has 32 heavy (non-hydrogen) atoms. The highest BCUT2D eigenvalue weighted by molar-refractivity contribution is 7.24. The molecule has 0 radical (unpaired) electrons. The van der Waals surface area contributed by atoms with Gasteiger partial charge in [-0.05, 0) is 36.6 Å². The number of hydrogen-bond acceptors (Lipinski definition) is 5. The van der Waals surface area contributed by atoms with E-state index in [1.54, 1.807) is 31.2 Å². The molecule has 0 atom stereocenters. The molecule has 7 nitrogen and oxygen atoms in total. The normalized spacial score (nSPS) is 13.2. The molecule has 0 unspecified atom stereocenters. The first-order valence-electron chi connectivity index (χ1n) is 9.78. The van der Waals surface area contributed by atoms with Gasteiger partial charge in [0, 0.05) is 30.5 Å². The topological polar surface area (TPSA) is 113 Å². The molecule has 0 saturated heterocycles. The van der Waals surface area contributed by atoms with E-state index in [9.17, 15) is 19.5 Å². The minimum Gasteiger partial charge on any atom is -0.505 e. The number of halogens is 2. The van der Waals surface area contributed by atoms with Crippen molar-refractivity contribution in [2.24, 2.45) is 5.73 Å². The van der Waals surface area contributed by atoms with Gasteiger partial charge in [0.05, 0.1) is 15.3 Å². The minimum absolute atomic E-state index is 0.0180. The molecule has 3 aromatic rings. The fraction of sp³-hybridized carbons (Fsp3) is 0.227. The standard InChI is InChI=1S/C22H19Cl2N3O4S/c1-10(28)27(13-6-7-13)9-11-2-4-12(5-3-11)21(31)26-22-16(20(25)30)14-8-15(23)18(29)17(24)19(14)32-22/h2-5,8,13,29H,6-7,9H2,1H3,(H2,25,30)(H,26,31). The quantitative estimate of drug-likeness (QED) is 0.460. The van der Waals surface area contributed by atoms with Crippen LogP contribution >= 0.6 is 34.5 Å². The molecule has 10 heteroatoms. The second-order valence-corrected chi connectivity index (χ2v) is 9.40. The number of rotatable bonds is 6. The summed E-state index contributed by atoms with van der Waals surface area (Å²) in [5.74, 6) is -1.48. The number of carbonyl (C=O) groups is 3. The summed E-state index contributed by atoms with van der Waals surface area (Å²) in [6.45, 7) is 2.05. The summed E-state index contributed by atoms with van der Waals surface area (Å²) >= 11 is 13.2. The first kappa shape index (κ1) is 22.4. The maximum Gasteiger partial charge on any atom is 0.256 e. The Bertz CT molecular complexity index is 1250. The number of phenols is 1. The van der Waals surface area contributed by atoms with E-state index in [4.69, 9.17) is 28.9 Å². The molecule has 0 bridgehead atoms. The Morgan fingerprint density at radius 2 is 1.88 bits per heavy atom. The molecule has 1 aromatic heterocycles. The number of thiophene rings is 1. The Labute approximate surface area is 197 Å². The Hall–Kier alpha value is -2.81. The monoisotopic (exact) mass is 491 g/mol. The number of phenolic OH excluding ortho intramolecular Hbond substituents is 1. The van der Waals surface area contributed by atoms with Gasteiger partial charge >= 0.3 is 0 Å². The van der Waals surface area contributed by atoms with Crippen molar-refractivity contribution in [2.45, 2.75) is 32.4 Å². The van der Waals surface area contributed by atoms with Crippen LogP contribution in [-0.4, -0.2) is 33.8 Å². The van der Waals surface area contributed by atoms with Gasteiger partial charge in [-0.3, -0.25) is 14.4 Å². The highest BCUT2D eigenvalue weighted by Crippen LogP contribution is 2.46. The van der Waals surface area contributed by atoms with Gasteiger partial charge in [-0.1, -0.05) is 35.3 Å². The van der Waals surface area contributed by atoms with E-state index in [1.807, 2.05) is 4.90 Å². The maximum absolute atomic E-state index is 12.8. The first-order chi connectivity index (χ1) is 15.2. The molecule has 166 valence electrons. The van der Waals surface area contributed by atoms with Crippen LogP contribution in [0, 0.1) is 0 Å². The number of benzene rings is 2. The van der Waals surface area contributed by atoms with Crippen LogP contribution in [0.25, 0.3) is 10.1 Å². The lowest BCUT2D eigenvalue weighted by atomic mass is 10.1. The highest BCUT2D eigenvalue weighted by Gasteiger charge is 2.30. The van der Waals surface area contributed by atoms with Gasteiger partial charge < -0.3 is 21.1 Å². The molecule has 1 aliphatic rings. The van der Waals surface area contributed by atoms with Crippen LogP contribution in [0.2, 0.25) is 10.0 Å². The predicted molar refractivity (Wildman–Crippen MR) is 126 cm³/mol. The number of carbonyl (C=O) groups excluding carboxylic acids is 3. The lowest BCUT2D eigenvalue weighted by Crippen LogP contribution is -2.30. The number of hydrogen-bond donors (Lipinski definition) is 3. The molecular formula is C22H19Cl2N3O4S. The summed E-state index contributed by atoms with van der Waals surface area (Å²) in [7, 11) is 0. The van der Waals surface area contributed by atoms with Crippen molar-refractivity contribution in [1.82, 2.24) is 4.90 Å². The molecule has 4 N–H and O–H groups in total. The molecule has 1 saturated carbocycles. The SMILES string of the molecule is CC(=O)N(Cc1ccc(C(=O)Nc2sc3c(Cl)c(O)c(Cl)cc3c2C(N)=O)cc1)C1CC1. The van der Waals surface area contributed by atoms with Crippen LogP contribution in [0.5, 0.6) is 5.75 Å². The summed E-state index contributed by atoms with van der Waals surface area (Å²) in [6, 6.07) is 8.59. The molecule has 0 aliphatic heterocycles. The van der Waals surface area contributed by atoms with E-state index >= 15 is 0 Å². The van der Waals surface area contributed by atoms with Crippen LogP contribution in [0.15, 0.2) is 30.3 Å². The molecule has 2 aromatic carbocycles. The molecule has 1 aliphatic carbocycles. The molecule has 1 heterocycles. The van der Waals surface area contributed by atoms with Crippen LogP contribution in [0.1, 0.15) is 46.0 Å². The Kier molecular flexibility index (Phi) is 6.03. The number of amides is 3. The number of anilines is 1. The van der Waals surface area contributed by atoms with Crippen molar-refractivity contribution >= 4 is 67.3 Å². The van der Waals surface area contributed by atoms with Crippen molar-refractivity contribution in [2.75, 3.05) is 5.32 Å². The average Bonchev–Trinajstić information content (AvgIpc) is 3.52. The number of nitrogens with zero attached hydrogens (tertiary/aromatic N) is 1. The van der Waals surface area contributed by atoms with Gasteiger partial charge in [-0.2, -0.15) is 0 Å². The Balaban J connectivity index is 1.58. The zero-order chi connectivity index (χ0) is 23.2. The number of fused-ring (bicyclic) bond motifs is 1. The van der Waals surface area contributed by atoms with Gasteiger partial charge in [-0.15, -0.1) is 11.3 Å². The molecule has 4 rings (SSSR count). The van der Waals surface area contributed by atoms with Crippen molar-refractivity contribution in [3.05, 3.63) is 57.1 Å². The zero-order valence-corrected chi connectivity index (χ0v) is 19.3. The Morgan fingerprint density at radius 1 is 1.22 bits per heavy atom. The smallest absolute Gasteiger partial charge is 0.256 e. The van der Waals surface area contributed by atoms with Crippen LogP contribution in [0.4, 0.5) is 5.00 Å². The molecule has 3 amide bonds. The highest BCUT2D eigenvalue weighted by atomic mass is 35.5. The number of nitrogens with two attached hydrogens (primary N) is 1. The maximum atomic E-state index is 12.8. The van der Waals surface area contributed by atoms with Gasteiger partial charge in [0.1, 0.15) is 10.0 Å². The van der Waals surface area contributed by atoms with E-state index in [0.717, 1.165) is 29.7 Å². The van der Waals surface area contributed by atoms with Gasteiger partial charge in [0.15, 0.2) is 5.75 Å². The van der Waals surface area contributed by atoms with E-state index in [-0.39, 0.29) is 32.3 Å². The summed E-state index contributed by atoms with van der Waals surface area (Å²) in [4.78, 5) is 38.6. The third-order valence-corrected chi connectivity index (χ3v) is 7.19. The average molecular weight is 492 g/mol. The number of primary amides is 1. The third-order valence-electron chi connectivity index (χ3n) is 5.28. The van der Waals surface area contributed by atoms with Crippen molar-refractivity contribution in [3.8, 4) is 5.75 Å². The fourth-order valence-electron chi connectivity index (χ4n) is 3.50. The first-order valence-corrected chi connectivity index (χ1v) is 11.4. The number of nitrogens with one attached hydrogen (secondary N) is 1. The summed E-state index contributed by atoms with van der Waals surface area (Å²) in [5, 5.41) is 13.2. The van der Waals surface area contributed by atoms with E-state index in [2.05, 4.69) is 5.32 Å². The number of aromatic hydroxyl groups is 1. The van der Waals surface area contributed by atoms with E-state index in [1.165, 1.54) is 6.07 Å². The summed E-state index contributed by atoms with van der Waals surface area (Å²) in [5.41, 5.74) is 6.89. The van der Waals surface area contributed by atoms with Gasteiger partial charge in [-0.25, -0.2) is 0 Å². The largest absolute Gasteiger partial charge is 0.505 e. The van der Waals surface area contributed by atoms with Crippen molar-refractivity contribution in [1.29, 1.82) is 0 Å². The molecule has 0 spiro atoms.